The van der Waals surface area contributed by atoms with Crippen LogP contribution < -0.4 is 5.32 Å². The number of carboxylic acid groups (broad SMARTS) is 1. The highest BCUT2D eigenvalue weighted by atomic mass is 79.9. The first-order chi connectivity index (χ1) is 9.47. The van der Waals surface area contributed by atoms with Crippen molar-refractivity contribution in [2.75, 3.05) is 0 Å². The number of carboxylic acids is 1. The fourth-order valence-electron chi connectivity index (χ4n) is 1.97. The van der Waals surface area contributed by atoms with Gasteiger partial charge in [0, 0.05) is 11.4 Å². The largest absolute Gasteiger partial charge is 0.480 e. The Morgan fingerprint density at radius 3 is 2.80 bits per heavy atom. The molecule has 0 radical (unpaired) electrons. The summed E-state index contributed by atoms with van der Waals surface area (Å²) in [5, 5.41) is 12.3. The lowest BCUT2D eigenvalue weighted by Crippen LogP contribution is -2.28. The van der Waals surface area contributed by atoms with E-state index in [1.807, 2.05) is 13.0 Å². The Hall–Kier alpha value is -1.66. The molecule has 0 saturated heterocycles. The van der Waals surface area contributed by atoms with Gasteiger partial charge in [0.05, 0.1) is 12.2 Å². The van der Waals surface area contributed by atoms with Gasteiger partial charge in [0.2, 0.25) is 0 Å². The predicted molar refractivity (Wildman–Crippen MR) is 77.3 cm³/mol. The molecule has 0 amide bonds. The summed E-state index contributed by atoms with van der Waals surface area (Å²) >= 11 is 3.34. The number of aromatic nitrogens is 1. The zero-order chi connectivity index (χ0) is 14.7. The van der Waals surface area contributed by atoms with Crippen LogP contribution in [0.25, 0.3) is 0 Å². The van der Waals surface area contributed by atoms with E-state index < -0.39 is 12.0 Å². The third-order valence-electron chi connectivity index (χ3n) is 2.90. The van der Waals surface area contributed by atoms with E-state index in [0.717, 1.165) is 10.2 Å². The highest BCUT2D eigenvalue weighted by Crippen LogP contribution is 2.19. The number of halogens is 1. The summed E-state index contributed by atoms with van der Waals surface area (Å²) in [5.74, 6) is 0.300. The lowest BCUT2D eigenvalue weighted by Gasteiger charge is -2.14. The molecule has 0 saturated carbocycles. The van der Waals surface area contributed by atoms with E-state index in [0.29, 0.717) is 23.8 Å². The molecule has 1 aromatic carbocycles. The van der Waals surface area contributed by atoms with Crippen molar-refractivity contribution < 1.29 is 14.3 Å². The Morgan fingerprint density at radius 2 is 2.25 bits per heavy atom. The van der Waals surface area contributed by atoms with E-state index in [4.69, 9.17) is 4.42 Å². The Labute approximate surface area is 125 Å². The molecule has 20 heavy (non-hydrogen) atoms. The van der Waals surface area contributed by atoms with Gasteiger partial charge in [-0.2, -0.15) is 0 Å². The topological polar surface area (TPSA) is 75.4 Å². The standard InChI is InChI=1S/C14H15BrN2O3/c1-8-12(20-9(2)17-8)7-16-13(14(18)19)10-4-3-5-11(15)6-10/h3-6,13,16H,7H2,1-2H3,(H,18,19). The molecule has 1 heterocycles. The van der Waals surface area contributed by atoms with Crippen molar-refractivity contribution in [1.82, 2.24) is 10.3 Å². The molecule has 0 aliphatic carbocycles. The number of nitrogens with one attached hydrogen (secondary N) is 1. The maximum Gasteiger partial charge on any atom is 0.325 e. The molecule has 0 spiro atoms. The third-order valence-corrected chi connectivity index (χ3v) is 3.39. The van der Waals surface area contributed by atoms with Gasteiger partial charge in [-0.05, 0) is 24.6 Å². The van der Waals surface area contributed by atoms with E-state index in [1.54, 1.807) is 25.1 Å². The summed E-state index contributed by atoms with van der Waals surface area (Å²) in [6.07, 6.45) is 0. The molecule has 2 N–H and O–H groups in total. The summed E-state index contributed by atoms with van der Waals surface area (Å²) < 4.78 is 6.27. The summed E-state index contributed by atoms with van der Waals surface area (Å²) in [6.45, 7) is 3.91. The second-order valence-electron chi connectivity index (χ2n) is 4.45. The van der Waals surface area contributed by atoms with Crippen LogP contribution in [-0.2, 0) is 11.3 Å². The van der Waals surface area contributed by atoms with Crippen LogP contribution in [0, 0.1) is 13.8 Å². The maximum atomic E-state index is 11.4. The number of benzene rings is 1. The van der Waals surface area contributed by atoms with Crippen molar-refractivity contribution in [2.45, 2.75) is 26.4 Å². The highest BCUT2D eigenvalue weighted by Gasteiger charge is 2.20. The first-order valence-corrected chi connectivity index (χ1v) is 6.91. The van der Waals surface area contributed by atoms with Gasteiger partial charge in [-0.15, -0.1) is 0 Å². The molecular weight excluding hydrogens is 324 g/mol. The Morgan fingerprint density at radius 1 is 1.50 bits per heavy atom. The number of hydrogen-bond donors (Lipinski definition) is 2. The molecular formula is C14H15BrN2O3. The van der Waals surface area contributed by atoms with Gasteiger partial charge >= 0.3 is 5.97 Å². The molecule has 5 nitrogen and oxygen atoms in total. The van der Waals surface area contributed by atoms with E-state index in [1.165, 1.54) is 0 Å². The second-order valence-corrected chi connectivity index (χ2v) is 5.36. The van der Waals surface area contributed by atoms with Gasteiger partial charge in [0.15, 0.2) is 5.89 Å². The van der Waals surface area contributed by atoms with E-state index in [-0.39, 0.29) is 0 Å². The minimum Gasteiger partial charge on any atom is -0.480 e. The van der Waals surface area contributed by atoms with Crippen LogP contribution in [0.5, 0.6) is 0 Å². The van der Waals surface area contributed by atoms with Gasteiger partial charge < -0.3 is 9.52 Å². The SMILES string of the molecule is Cc1nc(C)c(CNC(C(=O)O)c2cccc(Br)c2)o1. The number of oxazole rings is 1. The lowest BCUT2D eigenvalue weighted by atomic mass is 10.1. The summed E-state index contributed by atoms with van der Waals surface area (Å²) in [6, 6.07) is 6.42. The van der Waals surface area contributed by atoms with Crippen LogP contribution >= 0.6 is 15.9 Å². The molecule has 0 aliphatic rings. The number of nitrogens with zero attached hydrogens (tertiary/aromatic N) is 1. The maximum absolute atomic E-state index is 11.4. The number of rotatable bonds is 5. The van der Waals surface area contributed by atoms with Gasteiger partial charge in [-0.1, -0.05) is 28.1 Å². The molecule has 1 aromatic heterocycles. The Kier molecular flexibility index (Phi) is 4.57. The smallest absolute Gasteiger partial charge is 0.325 e. The monoisotopic (exact) mass is 338 g/mol. The molecule has 1 atom stereocenters. The quantitative estimate of drug-likeness (QED) is 0.876. The van der Waals surface area contributed by atoms with Crippen LogP contribution in [0.1, 0.15) is 29.0 Å². The van der Waals surface area contributed by atoms with Crippen molar-refractivity contribution in [3.8, 4) is 0 Å². The molecule has 6 heteroatoms. The van der Waals surface area contributed by atoms with Gasteiger partial charge in [0.25, 0.3) is 0 Å². The normalized spacial score (nSPS) is 12.3. The van der Waals surface area contributed by atoms with Gasteiger partial charge in [0.1, 0.15) is 11.8 Å². The predicted octanol–water partition coefficient (Wildman–Crippen LogP) is 2.97. The molecule has 0 bridgehead atoms. The first kappa shape index (κ1) is 14.7. The molecule has 106 valence electrons. The Balaban J connectivity index is 2.15. The van der Waals surface area contributed by atoms with Crippen LogP contribution in [0.4, 0.5) is 0 Å². The fraction of sp³-hybridized carbons (Fsp3) is 0.286. The van der Waals surface area contributed by atoms with Crippen molar-refractivity contribution in [2.24, 2.45) is 0 Å². The van der Waals surface area contributed by atoms with Crippen LogP contribution in [0.2, 0.25) is 0 Å². The van der Waals surface area contributed by atoms with Crippen LogP contribution in [0.3, 0.4) is 0 Å². The molecule has 0 aliphatic heterocycles. The van der Waals surface area contributed by atoms with E-state index >= 15 is 0 Å². The summed E-state index contributed by atoms with van der Waals surface area (Å²) in [5.41, 5.74) is 1.45. The minimum absolute atomic E-state index is 0.316. The minimum atomic E-state index is -0.933. The number of aliphatic carboxylic acids is 1. The first-order valence-electron chi connectivity index (χ1n) is 6.12. The van der Waals surface area contributed by atoms with Crippen molar-refractivity contribution in [1.29, 1.82) is 0 Å². The van der Waals surface area contributed by atoms with Crippen LogP contribution in [0.15, 0.2) is 33.2 Å². The van der Waals surface area contributed by atoms with Gasteiger partial charge in [-0.25, -0.2) is 4.98 Å². The zero-order valence-corrected chi connectivity index (χ0v) is 12.8. The number of hydrogen-bond acceptors (Lipinski definition) is 4. The molecule has 0 fully saturated rings. The van der Waals surface area contributed by atoms with Crippen molar-refractivity contribution in [3.63, 3.8) is 0 Å². The average molecular weight is 339 g/mol. The Bertz CT molecular complexity index is 625. The van der Waals surface area contributed by atoms with Gasteiger partial charge in [-0.3, -0.25) is 10.1 Å². The molecule has 2 rings (SSSR count). The zero-order valence-electron chi connectivity index (χ0n) is 11.2. The average Bonchev–Trinajstić information content (AvgIpc) is 2.68. The molecule has 1 unspecified atom stereocenters. The second kappa shape index (κ2) is 6.19. The van der Waals surface area contributed by atoms with E-state index in [2.05, 4.69) is 26.2 Å². The third kappa shape index (κ3) is 3.46. The lowest BCUT2D eigenvalue weighted by molar-refractivity contribution is -0.139. The summed E-state index contributed by atoms with van der Waals surface area (Å²) in [7, 11) is 0. The number of aryl methyl sites for hydroxylation is 2. The van der Waals surface area contributed by atoms with Crippen molar-refractivity contribution in [3.05, 3.63) is 51.6 Å². The number of carbonyl (C=O) groups is 1. The van der Waals surface area contributed by atoms with E-state index in [9.17, 15) is 9.90 Å². The van der Waals surface area contributed by atoms with Crippen LogP contribution in [-0.4, -0.2) is 16.1 Å². The summed E-state index contributed by atoms with van der Waals surface area (Å²) in [4.78, 5) is 15.6. The highest BCUT2D eigenvalue weighted by molar-refractivity contribution is 9.10. The van der Waals surface area contributed by atoms with Crippen molar-refractivity contribution >= 4 is 21.9 Å². The fourth-order valence-corrected chi connectivity index (χ4v) is 2.38. The molecule has 2 aromatic rings.